The zero-order valence-corrected chi connectivity index (χ0v) is 17.9. The Morgan fingerprint density at radius 2 is 1.86 bits per heavy atom. The molecule has 0 aliphatic carbocycles. The first-order chi connectivity index (χ1) is 13.2. The largest absolute Gasteiger partial charge is 0.353 e. The van der Waals surface area contributed by atoms with Crippen LogP contribution in [0.5, 0.6) is 0 Å². The summed E-state index contributed by atoms with van der Waals surface area (Å²) in [7, 11) is 1.80. The van der Waals surface area contributed by atoms with Crippen molar-refractivity contribution in [1.82, 2.24) is 10.2 Å². The fourth-order valence-electron chi connectivity index (χ4n) is 2.91. The second kappa shape index (κ2) is 9.84. The summed E-state index contributed by atoms with van der Waals surface area (Å²) in [6, 6.07) is 5.89. The molecule has 1 aliphatic heterocycles. The van der Waals surface area contributed by atoms with Crippen molar-refractivity contribution in [2.24, 2.45) is 4.99 Å². The van der Waals surface area contributed by atoms with E-state index in [1.807, 2.05) is 45.9 Å². The Morgan fingerprint density at radius 3 is 2.46 bits per heavy atom. The molecule has 152 valence electrons. The molecule has 0 fully saturated rings. The zero-order valence-electron chi connectivity index (χ0n) is 17.0. The van der Waals surface area contributed by atoms with Crippen LogP contribution in [0.25, 0.3) is 0 Å². The highest BCUT2D eigenvalue weighted by molar-refractivity contribution is 8.15. The molecular weight excluding hydrogens is 376 g/mol. The van der Waals surface area contributed by atoms with Crippen molar-refractivity contribution >= 4 is 40.2 Å². The molecule has 0 radical (unpaired) electrons. The Bertz CT molecular complexity index is 771. The lowest BCUT2D eigenvalue weighted by Gasteiger charge is -2.17. The molecule has 1 aromatic rings. The third kappa shape index (κ3) is 6.45. The lowest BCUT2D eigenvalue weighted by atomic mass is 10.1. The van der Waals surface area contributed by atoms with E-state index in [9.17, 15) is 14.4 Å². The number of carbonyl (C=O) groups excluding carboxylic acids is 3. The molecule has 1 heterocycles. The number of hydrogen-bond donors (Lipinski definition) is 2. The zero-order chi connectivity index (χ0) is 20.8. The van der Waals surface area contributed by atoms with Crippen LogP contribution in [-0.4, -0.2) is 59.1 Å². The predicted molar refractivity (Wildman–Crippen MR) is 114 cm³/mol. The van der Waals surface area contributed by atoms with E-state index < -0.39 is 5.25 Å². The average Bonchev–Trinajstić information content (AvgIpc) is 2.89. The molecule has 0 unspecified atom stereocenters. The number of rotatable bonds is 8. The van der Waals surface area contributed by atoms with Gasteiger partial charge in [-0.3, -0.25) is 19.3 Å². The van der Waals surface area contributed by atoms with Crippen molar-refractivity contribution in [3.8, 4) is 0 Å². The van der Waals surface area contributed by atoms with Gasteiger partial charge in [0.05, 0.1) is 11.6 Å². The fraction of sp³-hybridized carbons (Fsp3) is 0.500. The quantitative estimate of drug-likeness (QED) is 0.693. The van der Waals surface area contributed by atoms with E-state index >= 15 is 0 Å². The van der Waals surface area contributed by atoms with E-state index in [-0.39, 0.29) is 36.7 Å². The number of nitrogens with zero attached hydrogens (tertiary/aromatic N) is 2. The van der Waals surface area contributed by atoms with Crippen molar-refractivity contribution in [2.45, 2.75) is 45.4 Å². The van der Waals surface area contributed by atoms with Gasteiger partial charge < -0.3 is 10.6 Å². The predicted octanol–water partition coefficient (Wildman–Crippen LogP) is 2.13. The summed E-state index contributed by atoms with van der Waals surface area (Å²) in [5.74, 6) is -0.571. The lowest BCUT2D eigenvalue weighted by molar-refractivity contribution is -0.122. The Labute approximate surface area is 170 Å². The van der Waals surface area contributed by atoms with E-state index in [1.54, 1.807) is 11.9 Å². The maximum Gasteiger partial charge on any atom is 0.260 e. The number of benzene rings is 1. The van der Waals surface area contributed by atoms with Crippen molar-refractivity contribution in [3.05, 3.63) is 29.3 Å². The highest BCUT2D eigenvalue weighted by Crippen LogP contribution is 2.27. The van der Waals surface area contributed by atoms with Crippen LogP contribution in [0.1, 0.15) is 31.4 Å². The van der Waals surface area contributed by atoms with Crippen molar-refractivity contribution < 1.29 is 14.4 Å². The number of nitrogens with one attached hydrogen (secondary N) is 2. The maximum absolute atomic E-state index is 12.4. The van der Waals surface area contributed by atoms with Crippen LogP contribution in [0.3, 0.4) is 0 Å². The van der Waals surface area contributed by atoms with Gasteiger partial charge in [0.2, 0.25) is 11.8 Å². The molecule has 3 amide bonds. The van der Waals surface area contributed by atoms with Gasteiger partial charge in [-0.05, 0) is 45.9 Å². The van der Waals surface area contributed by atoms with Gasteiger partial charge in [-0.25, -0.2) is 4.99 Å². The molecule has 28 heavy (non-hydrogen) atoms. The Kier molecular flexibility index (Phi) is 7.77. The van der Waals surface area contributed by atoms with Crippen molar-refractivity contribution in [3.63, 3.8) is 0 Å². The van der Waals surface area contributed by atoms with Gasteiger partial charge in [0.25, 0.3) is 5.91 Å². The number of carbonyl (C=O) groups is 3. The van der Waals surface area contributed by atoms with Crippen LogP contribution in [0.2, 0.25) is 0 Å². The van der Waals surface area contributed by atoms with Crippen LogP contribution < -0.4 is 10.6 Å². The highest BCUT2D eigenvalue weighted by atomic mass is 32.2. The topological polar surface area (TPSA) is 90.9 Å². The number of thioether (sulfide) groups is 1. The molecule has 0 bridgehead atoms. The minimum absolute atomic E-state index is 0.0713. The summed E-state index contributed by atoms with van der Waals surface area (Å²) in [6.07, 6.45) is 0.0713. The molecule has 2 rings (SSSR count). The van der Waals surface area contributed by atoms with E-state index in [2.05, 4.69) is 15.6 Å². The van der Waals surface area contributed by atoms with Gasteiger partial charge in [0.15, 0.2) is 0 Å². The number of para-hydroxylation sites is 1. The second-order valence-electron chi connectivity index (χ2n) is 7.36. The molecule has 1 aliphatic rings. The van der Waals surface area contributed by atoms with Crippen molar-refractivity contribution in [1.29, 1.82) is 0 Å². The molecule has 2 N–H and O–H groups in total. The third-order valence-electron chi connectivity index (χ3n) is 4.17. The van der Waals surface area contributed by atoms with Crippen molar-refractivity contribution in [2.75, 3.05) is 25.5 Å². The van der Waals surface area contributed by atoms with Gasteiger partial charge in [-0.15, -0.1) is 0 Å². The first-order valence-corrected chi connectivity index (χ1v) is 10.2. The SMILES string of the molecule is Cc1cccc(C)c1NC(=O)C[C@H]1SC(CN(C)CC(=O)NC(C)C)=NC1=O. The Hall–Kier alpha value is -2.19. The van der Waals surface area contributed by atoms with E-state index in [1.165, 1.54) is 11.8 Å². The molecule has 0 aromatic heterocycles. The summed E-state index contributed by atoms with van der Waals surface area (Å²) in [5, 5.41) is 5.85. The normalized spacial score (nSPS) is 16.5. The minimum atomic E-state index is -0.516. The number of aryl methyl sites for hydroxylation is 2. The summed E-state index contributed by atoms with van der Waals surface area (Å²) < 4.78 is 0. The maximum atomic E-state index is 12.4. The first-order valence-electron chi connectivity index (χ1n) is 9.27. The smallest absolute Gasteiger partial charge is 0.260 e. The van der Waals surface area contributed by atoms with E-state index in [0.29, 0.717) is 11.6 Å². The third-order valence-corrected chi connectivity index (χ3v) is 5.32. The van der Waals surface area contributed by atoms with Crippen LogP contribution in [0.4, 0.5) is 5.69 Å². The number of anilines is 1. The monoisotopic (exact) mass is 404 g/mol. The number of likely N-dealkylation sites (N-methyl/N-ethyl adjacent to an activating group) is 1. The van der Waals surface area contributed by atoms with Gasteiger partial charge >= 0.3 is 0 Å². The molecule has 1 aromatic carbocycles. The van der Waals surface area contributed by atoms with Crippen LogP contribution in [-0.2, 0) is 14.4 Å². The first kappa shape index (κ1) is 22.1. The Morgan fingerprint density at radius 1 is 1.21 bits per heavy atom. The van der Waals surface area contributed by atoms with Crippen LogP contribution >= 0.6 is 11.8 Å². The molecule has 7 nitrogen and oxygen atoms in total. The molecular formula is C20H28N4O3S. The Balaban J connectivity index is 1.85. The summed E-state index contributed by atoms with van der Waals surface area (Å²) in [4.78, 5) is 42.3. The molecule has 0 saturated carbocycles. The van der Waals surface area contributed by atoms with E-state index in [4.69, 9.17) is 0 Å². The average molecular weight is 405 g/mol. The molecule has 0 saturated heterocycles. The number of amides is 3. The summed E-state index contributed by atoms with van der Waals surface area (Å²) in [6.45, 7) is 8.30. The van der Waals surface area contributed by atoms with Crippen LogP contribution in [0.15, 0.2) is 23.2 Å². The number of aliphatic imine (C=N–C) groups is 1. The van der Waals surface area contributed by atoms with Gasteiger partial charge in [0, 0.05) is 24.7 Å². The second-order valence-corrected chi connectivity index (χ2v) is 8.64. The van der Waals surface area contributed by atoms with Gasteiger partial charge in [-0.1, -0.05) is 30.0 Å². The summed E-state index contributed by atoms with van der Waals surface area (Å²) >= 11 is 1.30. The minimum Gasteiger partial charge on any atom is -0.353 e. The molecule has 0 spiro atoms. The lowest BCUT2D eigenvalue weighted by Crippen LogP contribution is -2.39. The fourth-order valence-corrected chi connectivity index (χ4v) is 4.06. The molecule has 1 atom stereocenters. The number of hydrogen-bond acceptors (Lipinski definition) is 5. The standard InChI is InChI=1S/C20H28N4O3S/c1-12(2)21-17(26)10-24(5)11-18-23-20(27)15(28-18)9-16(25)22-19-13(3)7-6-8-14(19)4/h6-8,12,15H,9-11H2,1-5H3,(H,21,26)(H,22,25)/t15-/m1/s1. The van der Waals surface area contributed by atoms with Gasteiger partial charge in [-0.2, -0.15) is 0 Å². The highest BCUT2D eigenvalue weighted by Gasteiger charge is 2.31. The van der Waals surface area contributed by atoms with E-state index in [0.717, 1.165) is 16.8 Å². The van der Waals surface area contributed by atoms with Gasteiger partial charge in [0.1, 0.15) is 5.25 Å². The summed E-state index contributed by atoms with van der Waals surface area (Å²) in [5.41, 5.74) is 2.76. The van der Waals surface area contributed by atoms with Crippen LogP contribution in [0, 0.1) is 13.8 Å². The molecule has 8 heteroatoms.